The minimum Gasteiger partial charge on any atom is -0.325 e. The molecule has 1 heterocycles. The van der Waals surface area contributed by atoms with Gasteiger partial charge in [0.25, 0.3) is 0 Å². The third kappa shape index (κ3) is 6.31. The van der Waals surface area contributed by atoms with E-state index in [4.69, 9.17) is 0 Å². The van der Waals surface area contributed by atoms with Gasteiger partial charge in [-0.2, -0.15) is 0 Å². The van der Waals surface area contributed by atoms with Crippen molar-refractivity contribution in [1.29, 1.82) is 0 Å². The monoisotopic (exact) mass is 447 g/mol. The van der Waals surface area contributed by atoms with Crippen LogP contribution in [0.3, 0.4) is 0 Å². The zero-order valence-electron chi connectivity index (χ0n) is 17.5. The molecule has 8 heteroatoms. The fraction of sp³-hybridized carbons (Fsp3) is 0.409. The van der Waals surface area contributed by atoms with Gasteiger partial charge in [0.15, 0.2) is 0 Å². The highest BCUT2D eigenvalue weighted by Gasteiger charge is 2.17. The average Bonchev–Trinajstić information content (AvgIpc) is 2.73. The van der Waals surface area contributed by atoms with Crippen molar-refractivity contribution >= 4 is 33.4 Å². The van der Waals surface area contributed by atoms with E-state index in [0.717, 1.165) is 30.1 Å². The van der Waals surface area contributed by atoms with E-state index in [0.29, 0.717) is 5.69 Å². The van der Waals surface area contributed by atoms with E-state index in [-0.39, 0.29) is 17.3 Å². The molecule has 1 aliphatic rings. The summed E-state index contributed by atoms with van der Waals surface area (Å²) in [6.07, 6.45) is 5.68. The fourth-order valence-corrected chi connectivity index (χ4v) is 5.19. The Morgan fingerprint density at radius 1 is 1.07 bits per heavy atom. The molecule has 0 unspecified atom stereocenters. The largest absolute Gasteiger partial charge is 0.325 e. The third-order valence-electron chi connectivity index (χ3n) is 5.10. The van der Waals surface area contributed by atoms with Crippen LogP contribution >= 0.6 is 11.8 Å². The van der Waals surface area contributed by atoms with Crippen LogP contribution in [0.25, 0.3) is 0 Å². The first kappa shape index (κ1) is 22.8. The van der Waals surface area contributed by atoms with Crippen molar-refractivity contribution in [2.24, 2.45) is 0 Å². The molecule has 0 radical (unpaired) electrons. The summed E-state index contributed by atoms with van der Waals surface area (Å²) in [5.74, 6) is -0.238. The van der Waals surface area contributed by atoms with E-state index in [1.165, 1.54) is 49.6 Å². The van der Waals surface area contributed by atoms with Gasteiger partial charge in [-0.05, 0) is 61.5 Å². The molecule has 0 aliphatic carbocycles. The van der Waals surface area contributed by atoms with Gasteiger partial charge < -0.3 is 5.32 Å². The van der Waals surface area contributed by atoms with Gasteiger partial charge in [-0.25, -0.2) is 13.1 Å². The van der Waals surface area contributed by atoms with Gasteiger partial charge in [0.05, 0.1) is 10.6 Å². The van der Waals surface area contributed by atoms with Crippen molar-refractivity contribution in [1.82, 2.24) is 9.62 Å². The topological polar surface area (TPSA) is 78.5 Å². The number of carbonyl (C=O) groups excluding carboxylic acids is 1. The summed E-state index contributed by atoms with van der Waals surface area (Å²) in [5.41, 5.74) is 2.63. The molecule has 2 aromatic carbocycles. The van der Waals surface area contributed by atoms with Crippen molar-refractivity contribution < 1.29 is 13.2 Å². The van der Waals surface area contributed by atoms with Crippen LogP contribution in [0.1, 0.15) is 37.3 Å². The lowest BCUT2D eigenvalue weighted by Crippen LogP contribution is -2.29. The molecule has 1 saturated heterocycles. The van der Waals surface area contributed by atoms with Crippen LogP contribution in [0, 0.1) is 0 Å². The molecule has 0 bridgehead atoms. The van der Waals surface area contributed by atoms with Crippen LogP contribution in [0.15, 0.2) is 52.3 Å². The maximum absolute atomic E-state index is 12.8. The third-order valence-corrected chi connectivity index (χ3v) is 7.30. The number of anilines is 1. The maximum atomic E-state index is 12.8. The molecule has 0 aromatic heterocycles. The minimum absolute atomic E-state index is 0.133. The molecule has 162 valence electrons. The first-order chi connectivity index (χ1) is 14.4. The molecule has 0 atom stereocenters. The number of nitrogens with one attached hydrogen (secondary N) is 2. The Kier molecular flexibility index (Phi) is 7.93. The summed E-state index contributed by atoms with van der Waals surface area (Å²) in [5, 5.41) is 2.70. The molecule has 30 heavy (non-hydrogen) atoms. The highest BCUT2D eigenvalue weighted by molar-refractivity contribution is 7.98. The second kappa shape index (κ2) is 10.4. The predicted molar refractivity (Wildman–Crippen MR) is 122 cm³/mol. The number of hydrogen-bond donors (Lipinski definition) is 2. The summed E-state index contributed by atoms with van der Waals surface area (Å²) >= 11 is 1.45. The van der Waals surface area contributed by atoms with Gasteiger partial charge in [0.1, 0.15) is 0 Å². The Bertz CT molecular complexity index is 987. The highest BCUT2D eigenvalue weighted by atomic mass is 32.2. The second-order valence-electron chi connectivity index (χ2n) is 7.52. The van der Waals surface area contributed by atoms with Crippen molar-refractivity contribution in [2.75, 3.05) is 24.7 Å². The molecule has 1 fully saturated rings. The lowest BCUT2D eigenvalue weighted by molar-refractivity contribution is -0.114. The molecule has 1 amide bonds. The van der Waals surface area contributed by atoms with Crippen LogP contribution in [-0.2, 0) is 27.9 Å². The Hall–Kier alpha value is -1.87. The van der Waals surface area contributed by atoms with E-state index in [1.54, 1.807) is 12.1 Å². The number of rotatable bonds is 8. The van der Waals surface area contributed by atoms with Gasteiger partial charge >= 0.3 is 0 Å². The summed E-state index contributed by atoms with van der Waals surface area (Å²) in [4.78, 5) is 14.8. The Balaban J connectivity index is 1.69. The van der Waals surface area contributed by atoms with Gasteiger partial charge in [-0.3, -0.25) is 9.69 Å². The number of likely N-dealkylation sites (tertiary alicyclic amines) is 1. The van der Waals surface area contributed by atoms with Crippen LogP contribution in [0.5, 0.6) is 0 Å². The SMILES string of the molecule is CSc1ccc(S(=O)(=O)NCc2cccc(CN3CCCCC3)c2)cc1NC(C)=O. The molecule has 0 saturated carbocycles. The molecule has 2 N–H and O–H groups in total. The van der Waals surface area contributed by atoms with Crippen molar-refractivity contribution in [3.8, 4) is 0 Å². The van der Waals surface area contributed by atoms with E-state index in [1.807, 2.05) is 18.4 Å². The molecular formula is C22H29N3O3S2. The van der Waals surface area contributed by atoms with Crippen LogP contribution in [0.4, 0.5) is 5.69 Å². The number of nitrogens with zero attached hydrogens (tertiary/aromatic N) is 1. The quantitative estimate of drug-likeness (QED) is 0.602. The zero-order valence-corrected chi connectivity index (χ0v) is 19.1. The molecule has 3 rings (SSSR count). The number of amides is 1. The number of sulfonamides is 1. The molecule has 1 aliphatic heterocycles. The zero-order chi connectivity index (χ0) is 21.6. The fourth-order valence-electron chi connectivity index (χ4n) is 3.62. The van der Waals surface area contributed by atoms with E-state index < -0.39 is 10.0 Å². The maximum Gasteiger partial charge on any atom is 0.240 e. The smallest absolute Gasteiger partial charge is 0.240 e. The summed E-state index contributed by atoms with van der Waals surface area (Å²) in [7, 11) is -3.70. The normalized spacial score (nSPS) is 15.1. The summed E-state index contributed by atoms with van der Waals surface area (Å²) < 4.78 is 28.3. The Labute approximate surface area is 183 Å². The van der Waals surface area contributed by atoms with Crippen molar-refractivity contribution in [3.63, 3.8) is 0 Å². The number of carbonyl (C=O) groups is 1. The van der Waals surface area contributed by atoms with Crippen LogP contribution in [0.2, 0.25) is 0 Å². The Morgan fingerprint density at radius 3 is 2.50 bits per heavy atom. The number of hydrogen-bond acceptors (Lipinski definition) is 5. The second-order valence-corrected chi connectivity index (χ2v) is 10.1. The number of thioether (sulfide) groups is 1. The van der Waals surface area contributed by atoms with Crippen LogP contribution < -0.4 is 10.0 Å². The van der Waals surface area contributed by atoms with Crippen molar-refractivity contribution in [3.05, 3.63) is 53.6 Å². The number of piperidine rings is 1. The lowest BCUT2D eigenvalue weighted by Gasteiger charge is -2.26. The van der Waals surface area contributed by atoms with E-state index in [2.05, 4.69) is 27.1 Å². The Morgan fingerprint density at radius 2 is 1.80 bits per heavy atom. The van der Waals surface area contributed by atoms with Gasteiger partial charge in [-0.15, -0.1) is 11.8 Å². The van der Waals surface area contributed by atoms with Crippen LogP contribution in [-0.4, -0.2) is 38.6 Å². The molecule has 0 spiro atoms. The van der Waals surface area contributed by atoms with Gasteiger partial charge in [0, 0.05) is 24.9 Å². The summed E-state index contributed by atoms with van der Waals surface area (Å²) in [6.45, 7) is 4.77. The van der Waals surface area contributed by atoms with E-state index >= 15 is 0 Å². The van der Waals surface area contributed by atoms with Gasteiger partial charge in [0.2, 0.25) is 15.9 Å². The average molecular weight is 448 g/mol. The molecular weight excluding hydrogens is 418 g/mol. The highest BCUT2D eigenvalue weighted by Crippen LogP contribution is 2.28. The molecule has 2 aromatic rings. The summed E-state index contributed by atoms with van der Waals surface area (Å²) in [6, 6.07) is 12.8. The molecule has 6 nitrogen and oxygen atoms in total. The van der Waals surface area contributed by atoms with Gasteiger partial charge in [-0.1, -0.05) is 30.7 Å². The van der Waals surface area contributed by atoms with E-state index in [9.17, 15) is 13.2 Å². The lowest BCUT2D eigenvalue weighted by atomic mass is 10.1. The minimum atomic E-state index is -3.70. The standard InChI is InChI=1S/C22H29N3O3S2/c1-17(26)24-21-14-20(9-10-22(21)29-2)30(27,28)23-15-18-7-6-8-19(13-18)16-25-11-4-3-5-12-25/h6-10,13-14,23H,3-5,11-12,15-16H2,1-2H3,(H,24,26). The first-order valence-electron chi connectivity index (χ1n) is 10.1. The predicted octanol–water partition coefficient (Wildman–Crippen LogP) is 3.83. The van der Waals surface area contributed by atoms with Crippen molar-refractivity contribution in [2.45, 2.75) is 49.1 Å². The first-order valence-corrected chi connectivity index (χ1v) is 12.8. The number of benzene rings is 2.